The van der Waals surface area contributed by atoms with Crippen LogP contribution in [0.15, 0.2) is 18.2 Å². The van der Waals surface area contributed by atoms with Crippen LogP contribution in [-0.2, 0) is 28.9 Å². The molecular formula is C14H18O4. The molecule has 4 heteroatoms. The summed E-state index contributed by atoms with van der Waals surface area (Å²) < 4.78 is 0. The number of carboxylic acid groups (broad SMARTS) is 2. The minimum Gasteiger partial charge on any atom is -0.481 e. The molecular weight excluding hydrogens is 232 g/mol. The summed E-state index contributed by atoms with van der Waals surface area (Å²) in [6.07, 6.45) is 0.510. The average Bonchev–Trinajstić information content (AvgIpc) is 2.20. The molecule has 0 saturated carbocycles. The van der Waals surface area contributed by atoms with Crippen LogP contribution in [0.3, 0.4) is 0 Å². The lowest BCUT2D eigenvalue weighted by Crippen LogP contribution is -2.11. The van der Waals surface area contributed by atoms with E-state index in [2.05, 4.69) is 13.8 Å². The van der Waals surface area contributed by atoms with E-state index in [4.69, 9.17) is 10.2 Å². The van der Waals surface area contributed by atoms with Crippen molar-refractivity contribution < 1.29 is 19.8 Å². The van der Waals surface area contributed by atoms with Gasteiger partial charge < -0.3 is 10.2 Å². The second-order valence-corrected chi connectivity index (χ2v) is 4.79. The van der Waals surface area contributed by atoms with E-state index in [9.17, 15) is 9.59 Å². The lowest BCUT2D eigenvalue weighted by molar-refractivity contribution is -0.137. The van der Waals surface area contributed by atoms with Crippen LogP contribution < -0.4 is 0 Å². The first kappa shape index (κ1) is 14.2. The minimum atomic E-state index is -0.941. The van der Waals surface area contributed by atoms with Crippen molar-refractivity contribution in [1.29, 1.82) is 0 Å². The average molecular weight is 250 g/mol. The van der Waals surface area contributed by atoms with Crippen LogP contribution in [0, 0.1) is 5.92 Å². The Morgan fingerprint density at radius 1 is 1.06 bits per heavy atom. The minimum absolute atomic E-state index is 0.120. The standard InChI is InChI=1S/C14H18O4/c1-9(2)6-10-4-3-5-11(7-13(15)16)12(10)8-14(17)18/h3-5,9H,6-8H2,1-2H3,(H,15,16)(H,17,18). The van der Waals surface area contributed by atoms with E-state index in [1.165, 1.54) is 0 Å². The molecule has 1 aromatic rings. The number of benzene rings is 1. The smallest absolute Gasteiger partial charge is 0.307 e. The van der Waals surface area contributed by atoms with Crippen molar-refractivity contribution in [3.63, 3.8) is 0 Å². The summed E-state index contributed by atoms with van der Waals surface area (Å²) in [5.41, 5.74) is 2.19. The van der Waals surface area contributed by atoms with E-state index < -0.39 is 11.9 Å². The van der Waals surface area contributed by atoms with Crippen LogP contribution in [-0.4, -0.2) is 22.2 Å². The Labute approximate surface area is 106 Å². The van der Waals surface area contributed by atoms with Gasteiger partial charge in [-0.15, -0.1) is 0 Å². The Morgan fingerprint density at radius 2 is 1.61 bits per heavy atom. The summed E-state index contributed by atoms with van der Waals surface area (Å²) in [5, 5.41) is 17.8. The highest BCUT2D eigenvalue weighted by Gasteiger charge is 2.14. The molecule has 0 aliphatic heterocycles. The summed E-state index contributed by atoms with van der Waals surface area (Å²) in [4.78, 5) is 21.7. The number of hydrogen-bond donors (Lipinski definition) is 2. The van der Waals surface area contributed by atoms with Gasteiger partial charge in [0, 0.05) is 0 Å². The van der Waals surface area contributed by atoms with Gasteiger partial charge in [0.2, 0.25) is 0 Å². The second-order valence-electron chi connectivity index (χ2n) is 4.79. The van der Waals surface area contributed by atoms with Crippen molar-refractivity contribution >= 4 is 11.9 Å². The Balaban J connectivity index is 3.15. The zero-order valence-electron chi connectivity index (χ0n) is 10.6. The van der Waals surface area contributed by atoms with Crippen LogP contribution in [0.2, 0.25) is 0 Å². The molecule has 0 heterocycles. The maximum atomic E-state index is 10.9. The van der Waals surface area contributed by atoms with Crippen LogP contribution in [0.4, 0.5) is 0 Å². The van der Waals surface area contributed by atoms with Crippen LogP contribution in [0.1, 0.15) is 30.5 Å². The van der Waals surface area contributed by atoms with Gasteiger partial charge in [0.05, 0.1) is 12.8 Å². The van der Waals surface area contributed by atoms with Gasteiger partial charge >= 0.3 is 11.9 Å². The third kappa shape index (κ3) is 4.20. The van der Waals surface area contributed by atoms with Crippen LogP contribution in [0.5, 0.6) is 0 Å². The maximum absolute atomic E-state index is 10.9. The molecule has 0 radical (unpaired) electrons. The van der Waals surface area contributed by atoms with E-state index in [1.54, 1.807) is 12.1 Å². The lowest BCUT2D eigenvalue weighted by Gasteiger charge is -2.14. The Kier molecular flexibility index (Phi) is 4.89. The fraction of sp³-hybridized carbons (Fsp3) is 0.429. The highest BCUT2D eigenvalue weighted by Crippen LogP contribution is 2.20. The molecule has 0 aliphatic carbocycles. The van der Waals surface area contributed by atoms with E-state index >= 15 is 0 Å². The predicted molar refractivity (Wildman–Crippen MR) is 67.7 cm³/mol. The Bertz CT molecular complexity index is 449. The van der Waals surface area contributed by atoms with Gasteiger partial charge in [0.25, 0.3) is 0 Å². The highest BCUT2D eigenvalue weighted by molar-refractivity contribution is 5.75. The molecule has 0 amide bonds. The molecule has 0 aliphatic rings. The lowest BCUT2D eigenvalue weighted by atomic mass is 9.91. The Hall–Kier alpha value is -1.84. The predicted octanol–water partition coefficient (Wildman–Crippen LogP) is 2.14. The zero-order chi connectivity index (χ0) is 13.7. The third-order valence-electron chi connectivity index (χ3n) is 2.67. The maximum Gasteiger partial charge on any atom is 0.307 e. The van der Waals surface area contributed by atoms with Crippen LogP contribution in [0.25, 0.3) is 0 Å². The summed E-state index contributed by atoms with van der Waals surface area (Å²) in [7, 11) is 0. The molecule has 0 unspecified atom stereocenters. The number of hydrogen-bond acceptors (Lipinski definition) is 2. The van der Waals surface area contributed by atoms with Gasteiger partial charge in [0.15, 0.2) is 0 Å². The van der Waals surface area contributed by atoms with Crippen LogP contribution >= 0.6 is 0 Å². The van der Waals surface area contributed by atoms with E-state index in [1.807, 2.05) is 6.07 Å². The molecule has 1 rings (SSSR count). The van der Waals surface area contributed by atoms with Gasteiger partial charge in [-0.3, -0.25) is 9.59 Å². The fourth-order valence-corrected chi connectivity index (χ4v) is 2.03. The second kappa shape index (κ2) is 6.19. The fourth-order valence-electron chi connectivity index (χ4n) is 2.03. The zero-order valence-corrected chi connectivity index (χ0v) is 10.6. The first-order valence-corrected chi connectivity index (χ1v) is 5.93. The van der Waals surface area contributed by atoms with Crippen molar-refractivity contribution in [2.45, 2.75) is 33.1 Å². The van der Waals surface area contributed by atoms with Gasteiger partial charge in [-0.05, 0) is 29.0 Å². The molecule has 0 spiro atoms. The molecule has 98 valence electrons. The summed E-state index contributed by atoms with van der Waals surface area (Å²) >= 11 is 0. The molecule has 2 N–H and O–H groups in total. The van der Waals surface area contributed by atoms with Crippen molar-refractivity contribution in [3.8, 4) is 0 Å². The number of carbonyl (C=O) groups is 2. The largest absolute Gasteiger partial charge is 0.481 e. The van der Waals surface area contributed by atoms with Gasteiger partial charge in [-0.25, -0.2) is 0 Å². The normalized spacial score (nSPS) is 10.6. The van der Waals surface area contributed by atoms with Crippen molar-refractivity contribution in [2.24, 2.45) is 5.92 Å². The van der Waals surface area contributed by atoms with E-state index in [-0.39, 0.29) is 12.8 Å². The van der Waals surface area contributed by atoms with Gasteiger partial charge in [0.1, 0.15) is 0 Å². The molecule has 4 nitrogen and oxygen atoms in total. The van der Waals surface area contributed by atoms with Gasteiger partial charge in [-0.1, -0.05) is 32.0 Å². The number of aliphatic carboxylic acids is 2. The molecule has 1 aromatic carbocycles. The molecule has 0 fully saturated rings. The first-order chi connectivity index (χ1) is 8.40. The molecule has 0 bridgehead atoms. The quantitative estimate of drug-likeness (QED) is 0.811. The SMILES string of the molecule is CC(C)Cc1cccc(CC(=O)O)c1CC(=O)O. The monoisotopic (exact) mass is 250 g/mol. The summed E-state index contributed by atoms with van der Waals surface area (Å²) in [6, 6.07) is 5.36. The summed E-state index contributed by atoms with van der Waals surface area (Å²) in [6.45, 7) is 4.10. The summed E-state index contributed by atoms with van der Waals surface area (Å²) in [5.74, 6) is -1.47. The topological polar surface area (TPSA) is 74.6 Å². The van der Waals surface area contributed by atoms with E-state index in [0.717, 1.165) is 12.0 Å². The Morgan fingerprint density at radius 3 is 2.11 bits per heavy atom. The molecule has 0 atom stereocenters. The number of rotatable bonds is 6. The molecule has 0 aromatic heterocycles. The molecule has 0 saturated heterocycles. The van der Waals surface area contributed by atoms with Crippen molar-refractivity contribution in [2.75, 3.05) is 0 Å². The molecule has 18 heavy (non-hydrogen) atoms. The van der Waals surface area contributed by atoms with Crippen molar-refractivity contribution in [1.82, 2.24) is 0 Å². The number of carboxylic acids is 2. The highest BCUT2D eigenvalue weighted by atomic mass is 16.4. The third-order valence-corrected chi connectivity index (χ3v) is 2.67. The van der Waals surface area contributed by atoms with E-state index in [0.29, 0.717) is 17.0 Å². The van der Waals surface area contributed by atoms with Gasteiger partial charge in [-0.2, -0.15) is 0 Å². The first-order valence-electron chi connectivity index (χ1n) is 5.93. The van der Waals surface area contributed by atoms with Crippen molar-refractivity contribution in [3.05, 3.63) is 34.9 Å².